The highest BCUT2D eigenvalue weighted by Gasteiger charge is 2.35. The highest BCUT2D eigenvalue weighted by Crippen LogP contribution is 2.29. The number of hydrogen-bond acceptors (Lipinski definition) is 3. The molecule has 10 heteroatoms. The second-order valence-corrected chi connectivity index (χ2v) is 7.78. The molecule has 1 aliphatic rings. The third kappa shape index (κ3) is 4.29. The van der Waals surface area contributed by atoms with E-state index in [-0.39, 0.29) is 29.3 Å². The fraction of sp³-hybridized carbons (Fsp3) is 0.421. The molecule has 156 valence electrons. The quantitative estimate of drug-likeness (QED) is 0.657. The van der Waals surface area contributed by atoms with Crippen molar-refractivity contribution in [2.75, 3.05) is 14.1 Å². The van der Waals surface area contributed by atoms with Gasteiger partial charge in [-0.05, 0) is 37.5 Å². The molecule has 1 aliphatic carbocycles. The molecule has 2 aromatic rings. The van der Waals surface area contributed by atoms with Gasteiger partial charge in [0.2, 0.25) is 5.91 Å². The summed E-state index contributed by atoms with van der Waals surface area (Å²) in [7, 11) is 3.29. The van der Waals surface area contributed by atoms with Crippen molar-refractivity contribution in [1.82, 2.24) is 20.3 Å². The van der Waals surface area contributed by atoms with Gasteiger partial charge in [-0.3, -0.25) is 15.0 Å². The zero-order valence-electron chi connectivity index (χ0n) is 16.0. The van der Waals surface area contributed by atoms with Gasteiger partial charge in [0.05, 0.1) is 6.04 Å². The Morgan fingerprint density at radius 1 is 1.28 bits per heavy atom. The van der Waals surface area contributed by atoms with Crippen LogP contribution in [0.25, 0.3) is 10.9 Å². The molecule has 1 fully saturated rings. The van der Waals surface area contributed by atoms with E-state index < -0.39 is 23.9 Å². The number of H-pyrrole nitrogens is 1. The number of nitrogens with zero attached hydrogens (tertiary/aromatic N) is 2. The number of rotatable bonds is 3. The molecule has 1 aromatic carbocycles. The maximum Gasteiger partial charge on any atom is 0.426 e. The Morgan fingerprint density at radius 2 is 2.00 bits per heavy atom. The molecular formula is C19H22ClFN4O4. The minimum absolute atomic E-state index is 0.0788. The van der Waals surface area contributed by atoms with E-state index in [2.05, 4.69) is 10.4 Å². The SMILES string of the molecule is CN(C)C(=O)[C@H]1CCC[C@@H](N(NC(=O)c2[nH]c3ccc(Cl)cc3c2F)C(=O)O)C1. The molecule has 0 radical (unpaired) electrons. The second-order valence-electron chi connectivity index (χ2n) is 7.35. The van der Waals surface area contributed by atoms with Gasteiger partial charge in [0.1, 0.15) is 5.69 Å². The number of fused-ring (bicyclic) bond motifs is 1. The van der Waals surface area contributed by atoms with Crippen molar-refractivity contribution in [2.45, 2.75) is 31.7 Å². The lowest BCUT2D eigenvalue weighted by Crippen LogP contribution is -2.53. The molecule has 0 spiro atoms. The summed E-state index contributed by atoms with van der Waals surface area (Å²) < 4.78 is 14.6. The molecule has 0 saturated heterocycles. The maximum absolute atomic E-state index is 14.6. The van der Waals surface area contributed by atoms with Crippen molar-refractivity contribution < 1.29 is 23.9 Å². The fourth-order valence-corrected chi connectivity index (χ4v) is 3.91. The van der Waals surface area contributed by atoms with Gasteiger partial charge in [-0.2, -0.15) is 0 Å². The average Bonchev–Trinajstić information content (AvgIpc) is 3.01. The summed E-state index contributed by atoms with van der Waals surface area (Å²) in [6.45, 7) is 0. The van der Waals surface area contributed by atoms with Crippen LogP contribution in [0, 0.1) is 11.7 Å². The number of hydrazine groups is 1. The molecule has 0 unspecified atom stereocenters. The third-order valence-corrected chi connectivity index (χ3v) is 5.39. The van der Waals surface area contributed by atoms with Crippen LogP contribution in [-0.2, 0) is 4.79 Å². The predicted octanol–water partition coefficient (Wildman–Crippen LogP) is 3.23. The van der Waals surface area contributed by atoms with Crippen molar-refractivity contribution >= 4 is 40.4 Å². The lowest BCUT2D eigenvalue weighted by molar-refractivity contribution is -0.134. The van der Waals surface area contributed by atoms with E-state index in [0.29, 0.717) is 29.8 Å². The molecule has 2 atom stereocenters. The molecule has 29 heavy (non-hydrogen) atoms. The molecule has 3 amide bonds. The number of carbonyl (C=O) groups is 3. The third-order valence-electron chi connectivity index (χ3n) is 5.15. The number of carbonyl (C=O) groups excluding carboxylic acids is 2. The van der Waals surface area contributed by atoms with Crippen molar-refractivity contribution in [3.05, 3.63) is 34.7 Å². The Kier molecular flexibility index (Phi) is 5.97. The van der Waals surface area contributed by atoms with E-state index in [1.54, 1.807) is 20.2 Å². The molecule has 1 aromatic heterocycles. The number of carboxylic acid groups (broad SMARTS) is 1. The molecule has 8 nitrogen and oxygen atoms in total. The first-order valence-corrected chi connectivity index (χ1v) is 9.58. The summed E-state index contributed by atoms with van der Waals surface area (Å²) in [4.78, 5) is 40.8. The Bertz CT molecular complexity index is 961. The largest absolute Gasteiger partial charge is 0.464 e. The highest BCUT2D eigenvalue weighted by atomic mass is 35.5. The summed E-state index contributed by atoms with van der Waals surface area (Å²) in [5.41, 5.74) is 2.26. The van der Waals surface area contributed by atoms with Gasteiger partial charge in [0.15, 0.2) is 5.82 Å². The van der Waals surface area contributed by atoms with Gasteiger partial charge in [-0.25, -0.2) is 14.2 Å². The number of nitrogens with one attached hydrogen (secondary N) is 2. The summed E-state index contributed by atoms with van der Waals surface area (Å²) in [6, 6.07) is 3.88. The van der Waals surface area contributed by atoms with Gasteiger partial charge in [0, 0.05) is 35.9 Å². The highest BCUT2D eigenvalue weighted by molar-refractivity contribution is 6.31. The van der Waals surface area contributed by atoms with Crippen LogP contribution in [0.1, 0.15) is 36.2 Å². The Balaban J connectivity index is 1.80. The Labute approximate surface area is 171 Å². The van der Waals surface area contributed by atoms with Crippen LogP contribution in [0.3, 0.4) is 0 Å². The van der Waals surface area contributed by atoms with Gasteiger partial charge in [-0.1, -0.05) is 18.0 Å². The van der Waals surface area contributed by atoms with Crippen molar-refractivity contribution in [1.29, 1.82) is 0 Å². The summed E-state index contributed by atoms with van der Waals surface area (Å²) in [6.07, 6.45) is 0.712. The topological polar surface area (TPSA) is 106 Å². The zero-order chi connectivity index (χ0) is 21.3. The molecule has 1 saturated carbocycles. The van der Waals surface area contributed by atoms with Crippen LogP contribution < -0.4 is 5.43 Å². The number of hydrogen-bond donors (Lipinski definition) is 3. The normalized spacial score (nSPS) is 19.0. The first-order chi connectivity index (χ1) is 13.7. The Hall–Kier alpha value is -2.81. The maximum atomic E-state index is 14.6. The van der Waals surface area contributed by atoms with Gasteiger partial charge in [-0.15, -0.1) is 0 Å². The number of aromatic amines is 1. The number of amides is 3. The fourth-order valence-electron chi connectivity index (χ4n) is 3.74. The van der Waals surface area contributed by atoms with Gasteiger partial charge >= 0.3 is 6.09 Å². The Morgan fingerprint density at radius 3 is 2.66 bits per heavy atom. The van der Waals surface area contributed by atoms with E-state index in [4.69, 9.17) is 11.6 Å². The van der Waals surface area contributed by atoms with Crippen LogP contribution in [0.2, 0.25) is 5.02 Å². The van der Waals surface area contributed by atoms with Crippen molar-refractivity contribution in [3.63, 3.8) is 0 Å². The first-order valence-electron chi connectivity index (χ1n) is 9.20. The van der Waals surface area contributed by atoms with Gasteiger partial charge < -0.3 is 15.0 Å². The van der Waals surface area contributed by atoms with E-state index in [9.17, 15) is 23.9 Å². The molecule has 0 aliphatic heterocycles. The summed E-state index contributed by atoms with van der Waals surface area (Å²) in [5, 5.41) is 10.8. The molecule has 1 heterocycles. The minimum atomic E-state index is -1.37. The van der Waals surface area contributed by atoms with E-state index >= 15 is 0 Å². The van der Waals surface area contributed by atoms with Crippen LogP contribution in [0.15, 0.2) is 18.2 Å². The van der Waals surface area contributed by atoms with Crippen LogP contribution in [-0.4, -0.2) is 58.0 Å². The summed E-state index contributed by atoms with van der Waals surface area (Å²) in [5.74, 6) is -2.13. The number of aromatic nitrogens is 1. The molecule has 3 N–H and O–H groups in total. The van der Waals surface area contributed by atoms with E-state index in [1.165, 1.54) is 17.0 Å². The van der Waals surface area contributed by atoms with Crippen LogP contribution >= 0.6 is 11.6 Å². The minimum Gasteiger partial charge on any atom is -0.464 e. The van der Waals surface area contributed by atoms with Crippen molar-refractivity contribution in [2.24, 2.45) is 5.92 Å². The van der Waals surface area contributed by atoms with E-state index in [1.807, 2.05) is 0 Å². The first kappa shape index (κ1) is 20.9. The predicted molar refractivity (Wildman–Crippen MR) is 105 cm³/mol. The number of benzene rings is 1. The lowest BCUT2D eigenvalue weighted by atomic mass is 9.84. The van der Waals surface area contributed by atoms with E-state index in [0.717, 1.165) is 5.01 Å². The monoisotopic (exact) mass is 424 g/mol. The standard InChI is InChI=1S/C19H22ClFN4O4/c1-24(2)18(27)10-4-3-5-12(8-10)25(19(28)29)23-17(26)16-15(21)13-9-11(20)6-7-14(13)22-16/h6-7,9-10,12,22H,3-5,8H2,1-2H3,(H,23,26)(H,28,29)/t10-,12+/m0/s1. The molecule has 3 rings (SSSR count). The van der Waals surface area contributed by atoms with Crippen LogP contribution in [0.4, 0.5) is 9.18 Å². The van der Waals surface area contributed by atoms with Gasteiger partial charge in [0.25, 0.3) is 5.91 Å². The second kappa shape index (κ2) is 8.28. The van der Waals surface area contributed by atoms with Crippen LogP contribution in [0.5, 0.6) is 0 Å². The molecule has 0 bridgehead atoms. The molecular weight excluding hydrogens is 403 g/mol. The lowest BCUT2D eigenvalue weighted by Gasteiger charge is -2.35. The average molecular weight is 425 g/mol. The number of halogens is 2. The van der Waals surface area contributed by atoms with Crippen molar-refractivity contribution in [3.8, 4) is 0 Å². The summed E-state index contributed by atoms with van der Waals surface area (Å²) >= 11 is 5.87. The smallest absolute Gasteiger partial charge is 0.426 e. The zero-order valence-corrected chi connectivity index (χ0v) is 16.8.